The van der Waals surface area contributed by atoms with Gasteiger partial charge in [-0.05, 0) is 43.4 Å². The van der Waals surface area contributed by atoms with Gasteiger partial charge in [-0.2, -0.15) is 0 Å². The fourth-order valence-corrected chi connectivity index (χ4v) is 3.61. The van der Waals surface area contributed by atoms with Crippen molar-refractivity contribution in [1.82, 2.24) is 4.98 Å². The summed E-state index contributed by atoms with van der Waals surface area (Å²) in [4.78, 5) is 7.47. The lowest BCUT2D eigenvalue weighted by atomic mass is 10.0. The van der Waals surface area contributed by atoms with Gasteiger partial charge in [-0.3, -0.25) is 0 Å². The van der Waals surface area contributed by atoms with Crippen molar-refractivity contribution in [2.45, 2.75) is 32.6 Å². The van der Waals surface area contributed by atoms with Crippen LogP contribution < -0.4 is 4.90 Å². The van der Waals surface area contributed by atoms with Crippen LogP contribution in [0.2, 0.25) is 0 Å². The summed E-state index contributed by atoms with van der Waals surface area (Å²) in [5.74, 6) is 0. The van der Waals surface area contributed by atoms with E-state index < -0.39 is 0 Å². The number of hydrogen-bond acceptors (Lipinski definition) is 2. The maximum absolute atomic E-state index is 4.93. The predicted molar refractivity (Wildman–Crippen MR) is 103 cm³/mol. The van der Waals surface area contributed by atoms with Gasteiger partial charge < -0.3 is 4.90 Å². The molecule has 1 aliphatic rings. The van der Waals surface area contributed by atoms with Crippen molar-refractivity contribution in [3.63, 3.8) is 0 Å². The molecule has 0 saturated carbocycles. The van der Waals surface area contributed by atoms with Crippen molar-refractivity contribution >= 4 is 16.6 Å². The summed E-state index contributed by atoms with van der Waals surface area (Å²) < 4.78 is 0. The van der Waals surface area contributed by atoms with Crippen LogP contribution >= 0.6 is 0 Å². The van der Waals surface area contributed by atoms with Crippen molar-refractivity contribution < 1.29 is 0 Å². The van der Waals surface area contributed by atoms with Crippen LogP contribution in [-0.4, -0.2) is 18.1 Å². The molecule has 2 heteroatoms. The second-order valence-corrected chi connectivity index (χ2v) is 6.64. The molecule has 24 heavy (non-hydrogen) atoms. The third-order valence-corrected chi connectivity index (χ3v) is 5.05. The molecule has 0 radical (unpaired) electrons. The van der Waals surface area contributed by atoms with Crippen LogP contribution in [0.15, 0.2) is 54.6 Å². The lowest BCUT2D eigenvalue weighted by Crippen LogP contribution is -2.29. The van der Waals surface area contributed by atoms with E-state index in [9.17, 15) is 0 Å². The lowest BCUT2D eigenvalue weighted by Gasteiger charge is -2.30. The van der Waals surface area contributed by atoms with Crippen molar-refractivity contribution in [3.05, 3.63) is 60.2 Å². The Bertz CT molecular complexity index is 830. The van der Waals surface area contributed by atoms with E-state index in [1.807, 2.05) is 0 Å². The average Bonchev–Trinajstić information content (AvgIpc) is 2.68. The van der Waals surface area contributed by atoms with E-state index in [0.717, 1.165) is 30.7 Å². The molecule has 2 heterocycles. The third kappa shape index (κ3) is 2.89. The Kier molecular flexibility index (Phi) is 4.20. The Balaban J connectivity index is 1.83. The Morgan fingerprint density at radius 1 is 0.917 bits per heavy atom. The van der Waals surface area contributed by atoms with Gasteiger partial charge in [-0.15, -0.1) is 0 Å². The van der Waals surface area contributed by atoms with E-state index in [2.05, 4.69) is 66.4 Å². The standard InChI is InChI=1S/C22H24N2/c1-2-17-10-12-18(13-11-17)21-16-22(24-14-6-3-7-15-24)19-8-4-5-9-20(19)23-21/h4-5,8-13,16H,2-3,6-7,14-15H2,1H3. The highest BCUT2D eigenvalue weighted by Gasteiger charge is 2.15. The molecule has 2 nitrogen and oxygen atoms in total. The monoisotopic (exact) mass is 316 g/mol. The number of benzene rings is 2. The number of piperidine rings is 1. The Labute approximate surface area is 144 Å². The van der Waals surface area contributed by atoms with Crippen LogP contribution in [0.5, 0.6) is 0 Å². The quantitative estimate of drug-likeness (QED) is 0.638. The molecule has 1 aliphatic heterocycles. The number of fused-ring (bicyclic) bond motifs is 1. The number of hydrogen-bond donors (Lipinski definition) is 0. The highest BCUT2D eigenvalue weighted by Crippen LogP contribution is 2.32. The zero-order chi connectivity index (χ0) is 16.4. The summed E-state index contributed by atoms with van der Waals surface area (Å²) in [5.41, 5.74) is 6.09. The van der Waals surface area contributed by atoms with Crippen LogP contribution in [0.4, 0.5) is 5.69 Å². The first-order valence-corrected chi connectivity index (χ1v) is 9.09. The summed E-state index contributed by atoms with van der Waals surface area (Å²) in [6.45, 7) is 4.50. The molecule has 0 spiro atoms. The van der Waals surface area contributed by atoms with Crippen LogP contribution in [0, 0.1) is 0 Å². The zero-order valence-electron chi connectivity index (χ0n) is 14.3. The van der Waals surface area contributed by atoms with Gasteiger partial charge in [0.25, 0.3) is 0 Å². The highest BCUT2D eigenvalue weighted by molar-refractivity contribution is 5.94. The SMILES string of the molecule is CCc1ccc(-c2cc(N3CCCCC3)c3ccccc3n2)cc1. The van der Waals surface area contributed by atoms with Crippen molar-refractivity contribution in [1.29, 1.82) is 0 Å². The molecule has 4 rings (SSSR count). The molecule has 2 aromatic carbocycles. The molecule has 3 aromatic rings. The number of aromatic nitrogens is 1. The van der Waals surface area contributed by atoms with Gasteiger partial charge in [0.05, 0.1) is 11.2 Å². The lowest BCUT2D eigenvalue weighted by molar-refractivity contribution is 0.579. The number of aryl methyl sites for hydroxylation is 1. The van der Waals surface area contributed by atoms with Gasteiger partial charge in [0.15, 0.2) is 0 Å². The fourth-order valence-electron chi connectivity index (χ4n) is 3.61. The first kappa shape index (κ1) is 15.2. The Morgan fingerprint density at radius 2 is 1.67 bits per heavy atom. The number of nitrogens with zero attached hydrogens (tertiary/aromatic N) is 2. The summed E-state index contributed by atoms with van der Waals surface area (Å²) >= 11 is 0. The Morgan fingerprint density at radius 3 is 2.42 bits per heavy atom. The minimum atomic E-state index is 1.07. The van der Waals surface area contributed by atoms with Crippen LogP contribution in [0.3, 0.4) is 0 Å². The number of pyridine rings is 1. The number of anilines is 1. The first-order chi connectivity index (χ1) is 11.8. The van der Waals surface area contributed by atoms with Gasteiger partial charge in [0, 0.05) is 29.7 Å². The predicted octanol–water partition coefficient (Wildman–Crippen LogP) is 5.45. The topological polar surface area (TPSA) is 16.1 Å². The van der Waals surface area contributed by atoms with Crippen molar-refractivity contribution in [3.8, 4) is 11.3 Å². The molecule has 1 fully saturated rings. The van der Waals surface area contributed by atoms with Crippen molar-refractivity contribution in [2.24, 2.45) is 0 Å². The smallest absolute Gasteiger partial charge is 0.0730 e. The second kappa shape index (κ2) is 6.64. The normalized spacial score (nSPS) is 15.0. The van der Waals surface area contributed by atoms with Gasteiger partial charge in [0.1, 0.15) is 0 Å². The molecular weight excluding hydrogens is 292 g/mol. The van der Waals surface area contributed by atoms with Gasteiger partial charge in [0.2, 0.25) is 0 Å². The molecule has 0 unspecified atom stereocenters. The zero-order valence-corrected chi connectivity index (χ0v) is 14.3. The summed E-state index contributed by atoms with van der Waals surface area (Å²) in [6.07, 6.45) is 5.00. The minimum Gasteiger partial charge on any atom is -0.371 e. The van der Waals surface area contributed by atoms with E-state index in [1.165, 1.54) is 41.5 Å². The summed E-state index contributed by atoms with van der Waals surface area (Å²) in [5, 5.41) is 1.27. The molecular formula is C22H24N2. The van der Waals surface area contributed by atoms with Crippen LogP contribution in [0.25, 0.3) is 22.2 Å². The number of rotatable bonds is 3. The van der Waals surface area contributed by atoms with E-state index >= 15 is 0 Å². The maximum atomic E-state index is 4.93. The van der Waals surface area contributed by atoms with E-state index in [0.29, 0.717) is 0 Å². The van der Waals surface area contributed by atoms with Gasteiger partial charge >= 0.3 is 0 Å². The molecule has 0 bridgehead atoms. The largest absolute Gasteiger partial charge is 0.371 e. The third-order valence-electron chi connectivity index (χ3n) is 5.05. The molecule has 122 valence electrons. The van der Waals surface area contributed by atoms with Crippen molar-refractivity contribution in [2.75, 3.05) is 18.0 Å². The van der Waals surface area contributed by atoms with E-state index in [4.69, 9.17) is 4.98 Å². The molecule has 1 saturated heterocycles. The van der Waals surface area contributed by atoms with E-state index in [-0.39, 0.29) is 0 Å². The molecule has 0 amide bonds. The maximum Gasteiger partial charge on any atom is 0.0730 e. The van der Waals surface area contributed by atoms with Gasteiger partial charge in [-0.25, -0.2) is 4.98 Å². The van der Waals surface area contributed by atoms with Crippen LogP contribution in [-0.2, 0) is 6.42 Å². The minimum absolute atomic E-state index is 1.07. The highest BCUT2D eigenvalue weighted by atomic mass is 15.1. The van der Waals surface area contributed by atoms with Gasteiger partial charge in [-0.1, -0.05) is 49.4 Å². The number of para-hydroxylation sites is 1. The van der Waals surface area contributed by atoms with Crippen LogP contribution in [0.1, 0.15) is 31.7 Å². The summed E-state index contributed by atoms with van der Waals surface area (Å²) in [6, 6.07) is 19.7. The first-order valence-electron chi connectivity index (χ1n) is 9.09. The molecule has 1 aromatic heterocycles. The molecule has 0 atom stereocenters. The fraction of sp³-hybridized carbons (Fsp3) is 0.318. The average molecular weight is 316 g/mol. The summed E-state index contributed by atoms with van der Waals surface area (Å²) in [7, 11) is 0. The molecule has 0 N–H and O–H groups in total. The van der Waals surface area contributed by atoms with E-state index in [1.54, 1.807) is 0 Å². The molecule has 0 aliphatic carbocycles. The Hall–Kier alpha value is -2.35. The second-order valence-electron chi connectivity index (χ2n) is 6.64.